The quantitative estimate of drug-likeness (QED) is 0.595. The minimum absolute atomic E-state index is 0.172. The van der Waals surface area contributed by atoms with Gasteiger partial charge >= 0.3 is 5.97 Å². The van der Waals surface area contributed by atoms with Gasteiger partial charge in [-0.15, -0.1) is 0 Å². The van der Waals surface area contributed by atoms with Gasteiger partial charge in [-0.1, -0.05) is 24.3 Å². The van der Waals surface area contributed by atoms with Crippen LogP contribution >= 0.6 is 0 Å². The zero-order valence-corrected chi connectivity index (χ0v) is 17.5. The molecule has 0 fully saturated rings. The Labute approximate surface area is 173 Å². The lowest BCUT2D eigenvalue weighted by molar-refractivity contribution is 0.0602. The van der Waals surface area contributed by atoms with Crippen LogP contribution in [0.25, 0.3) is 10.9 Å². The van der Waals surface area contributed by atoms with E-state index >= 15 is 0 Å². The number of nitrogens with zero attached hydrogens (tertiary/aromatic N) is 2. The van der Waals surface area contributed by atoms with Gasteiger partial charge in [-0.25, -0.2) is 13.2 Å². The minimum Gasteiger partial charge on any atom is -0.476 e. The van der Waals surface area contributed by atoms with Crippen molar-refractivity contribution < 1.29 is 27.5 Å². The van der Waals surface area contributed by atoms with E-state index in [1.807, 2.05) is 6.92 Å². The Morgan fingerprint density at radius 3 is 2.60 bits per heavy atom. The lowest BCUT2D eigenvalue weighted by atomic mass is 10.1. The van der Waals surface area contributed by atoms with Crippen LogP contribution in [0.15, 0.2) is 48.7 Å². The van der Waals surface area contributed by atoms with Crippen LogP contribution < -0.4 is 9.04 Å². The third-order valence-electron chi connectivity index (χ3n) is 5.01. The number of ether oxygens (including phenoxy) is 2. The number of hydrogen-bond donors (Lipinski definition) is 0. The molecule has 4 rings (SSSR count). The molecule has 3 aromatic rings. The van der Waals surface area contributed by atoms with Gasteiger partial charge in [0.25, 0.3) is 5.91 Å². The van der Waals surface area contributed by atoms with Crippen LogP contribution in [0.5, 0.6) is 5.75 Å². The predicted octanol–water partition coefficient (Wildman–Crippen LogP) is 2.60. The lowest BCUT2D eigenvalue weighted by Crippen LogP contribution is -2.48. The summed E-state index contributed by atoms with van der Waals surface area (Å²) in [4.78, 5) is 25.5. The van der Waals surface area contributed by atoms with Gasteiger partial charge in [0.15, 0.2) is 6.10 Å². The van der Waals surface area contributed by atoms with Crippen molar-refractivity contribution in [2.75, 3.05) is 24.2 Å². The first-order chi connectivity index (χ1) is 14.2. The van der Waals surface area contributed by atoms with Gasteiger partial charge in [-0.2, -0.15) is 0 Å². The maximum Gasteiger partial charge on any atom is 0.340 e. The summed E-state index contributed by atoms with van der Waals surface area (Å²) in [5.41, 5.74) is 2.02. The fourth-order valence-electron chi connectivity index (χ4n) is 3.59. The number of anilines is 1. The van der Waals surface area contributed by atoms with Gasteiger partial charge in [0.2, 0.25) is 10.0 Å². The highest BCUT2D eigenvalue weighted by Crippen LogP contribution is 2.36. The average Bonchev–Trinajstić information content (AvgIpc) is 3.11. The molecule has 2 aromatic carbocycles. The number of carbonyl (C=O) groups is 2. The predicted molar refractivity (Wildman–Crippen MR) is 112 cm³/mol. The van der Waals surface area contributed by atoms with Crippen LogP contribution in [-0.2, 0) is 14.8 Å². The Morgan fingerprint density at radius 2 is 1.90 bits per heavy atom. The molecule has 1 unspecified atom stereocenters. The van der Waals surface area contributed by atoms with E-state index in [1.165, 1.54) is 22.2 Å². The number of rotatable bonds is 3. The van der Waals surface area contributed by atoms with Crippen molar-refractivity contribution in [3.63, 3.8) is 0 Å². The Morgan fingerprint density at radius 1 is 1.17 bits per heavy atom. The van der Waals surface area contributed by atoms with Gasteiger partial charge in [-0.3, -0.25) is 13.7 Å². The number of aromatic nitrogens is 1. The van der Waals surface area contributed by atoms with E-state index in [0.29, 0.717) is 22.3 Å². The molecule has 1 atom stereocenters. The summed E-state index contributed by atoms with van der Waals surface area (Å²) in [6.45, 7) is 1.67. The van der Waals surface area contributed by atoms with Gasteiger partial charge in [0.1, 0.15) is 5.75 Å². The van der Waals surface area contributed by atoms with Crippen molar-refractivity contribution in [2.45, 2.75) is 13.0 Å². The molecular weight excluding hydrogens is 408 g/mol. The smallest absolute Gasteiger partial charge is 0.340 e. The molecule has 9 heteroatoms. The Bertz CT molecular complexity index is 1280. The zero-order valence-electron chi connectivity index (χ0n) is 16.7. The second kappa shape index (κ2) is 7.17. The van der Waals surface area contributed by atoms with Crippen molar-refractivity contribution >= 4 is 38.5 Å². The first kappa shape index (κ1) is 20.0. The largest absolute Gasteiger partial charge is 0.476 e. The van der Waals surface area contributed by atoms with Crippen LogP contribution in [0.3, 0.4) is 0 Å². The topological polar surface area (TPSA) is 94.9 Å². The molecule has 1 aromatic heterocycles. The molecule has 8 nitrogen and oxygen atoms in total. The first-order valence-electron chi connectivity index (χ1n) is 9.18. The maximum absolute atomic E-state index is 13.4. The Balaban J connectivity index is 1.79. The summed E-state index contributed by atoms with van der Waals surface area (Å²) >= 11 is 0. The minimum atomic E-state index is -3.64. The SMILES string of the molecule is COC(=O)c1cn(C(=O)C2CN(S(C)(=O)=O)c3cc(C)ccc3O2)c2ccccc12. The highest BCUT2D eigenvalue weighted by Gasteiger charge is 2.36. The number of aryl methyl sites for hydroxylation is 1. The van der Waals surface area contributed by atoms with Crippen LogP contribution in [0.1, 0.15) is 20.7 Å². The molecule has 0 radical (unpaired) electrons. The zero-order chi connectivity index (χ0) is 21.6. The number of para-hydroxylation sites is 1. The summed E-state index contributed by atoms with van der Waals surface area (Å²) in [6, 6.07) is 12.1. The first-order valence-corrected chi connectivity index (χ1v) is 11.0. The number of fused-ring (bicyclic) bond motifs is 2. The van der Waals surface area contributed by atoms with E-state index < -0.39 is 28.0 Å². The van der Waals surface area contributed by atoms with Crippen molar-refractivity contribution in [3.8, 4) is 5.75 Å². The summed E-state index contributed by atoms with van der Waals surface area (Å²) in [6.07, 6.45) is 1.40. The van der Waals surface area contributed by atoms with E-state index in [9.17, 15) is 18.0 Å². The molecule has 30 heavy (non-hydrogen) atoms. The van der Waals surface area contributed by atoms with Crippen LogP contribution in [0, 0.1) is 6.92 Å². The summed E-state index contributed by atoms with van der Waals surface area (Å²) in [5.74, 6) is -0.748. The van der Waals surface area contributed by atoms with Gasteiger partial charge in [0, 0.05) is 11.6 Å². The molecule has 0 bridgehead atoms. The Hall–Kier alpha value is -3.33. The lowest BCUT2D eigenvalue weighted by Gasteiger charge is -2.34. The second-order valence-electron chi connectivity index (χ2n) is 7.13. The number of carbonyl (C=O) groups excluding carboxylic acids is 2. The van der Waals surface area contributed by atoms with Crippen molar-refractivity contribution in [1.29, 1.82) is 0 Å². The van der Waals surface area contributed by atoms with E-state index in [1.54, 1.807) is 42.5 Å². The highest BCUT2D eigenvalue weighted by atomic mass is 32.2. The summed E-state index contributed by atoms with van der Waals surface area (Å²) in [5, 5.41) is 0.560. The standard InChI is InChI=1S/C21H20N2O6S/c1-13-8-9-18-17(10-13)23(30(3,26)27)12-19(29-18)20(24)22-11-15(21(25)28-2)14-6-4-5-7-16(14)22/h4-11,19H,12H2,1-3H3. The van der Waals surface area contributed by atoms with Gasteiger partial charge < -0.3 is 9.47 Å². The fourth-order valence-corrected chi connectivity index (χ4v) is 4.50. The monoisotopic (exact) mass is 428 g/mol. The molecule has 1 aliphatic rings. The van der Waals surface area contributed by atoms with Gasteiger partial charge in [-0.05, 0) is 30.7 Å². The van der Waals surface area contributed by atoms with Crippen molar-refractivity contribution in [1.82, 2.24) is 4.57 Å². The third kappa shape index (κ3) is 3.30. The molecule has 0 amide bonds. The molecule has 156 valence electrons. The fraction of sp³-hybridized carbons (Fsp3) is 0.238. The second-order valence-corrected chi connectivity index (χ2v) is 9.04. The third-order valence-corrected chi connectivity index (χ3v) is 6.16. The number of benzene rings is 2. The summed E-state index contributed by atoms with van der Waals surface area (Å²) in [7, 11) is -2.37. The normalized spacial score (nSPS) is 16.1. The number of methoxy groups -OCH3 is 1. The number of esters is 1. The molecule has 0 saturated carbocycles. The highest BCUT2D eigenvalue weighted by molar-refractivity contribution is 7.92. The molecule has 1 aliphatic heterocycles. The van der Waals surface area contributed by atoms with Crippen LogP contribution in [0.4, 0.5) is 5.69 Å². The maximum atomic E-state index is 13.4. The average molecular weight is 428 g/mol. The van der Waals surface area contributed by atoms with Gasteiger partial charge in [0.05, 0.1) is 36.7 Å². The van der Waals surface area contributed by atoms with Crippen LogP contribution in [0.2, 0.25) is 0 Å². The molecular formula is C21H20N2O6S. The summed E-state index contributed by atoms with van der Waals surface area (Å²) < 4.78 is 38.0. The number of hydrogen-bond acceptors (Lipinski definition) is 6. The molecule has 0 N–H and O–H groups in total. The molecule has 2 heterocycles. The van der Waals surface area contributed by atoms with E-state index in [2.05, 4.69) is 0 Å². The molecule has 0 spiro atoms. The van der Waals surface area contributed by atoms with Crippen LogP contribution in [-0.4, -0.2) is 50.9 Å². The van der Waals surface area contributed by atoms with Crippen molar-refractivity contribution in [3.05, 3.63) is 59.8 Å². The Kier molecular flexibility index (Phi) is 4.77. The van der Waals surface area contributed by atoms with E-state index in [-0.39, 0.29) is 12.1 Å². The van der Waals surface area contributed by atoms with E-state index in [0.717, 1.165) is 11.8 Å². The molecule has 0 saturated heterocycles. The number of sulfonamides is 1. The van der Waals surface area contributed by atoms with Crippen molar-refractivity contribution in [2.24, 2.45) is 0 Å². The van der Waals surface area contributed by atoms with E-state index in [4.69, 9.17) is 9.47 Å². The molecule has 0 aliphatic carbocycles.